The van der Waals surface area contributed by atoms with Gasteiger partial charge in [-0.1, -0.05) is 23.7 Å². The third kappa shape index (κ3) is 4.17. The number of aromatic nitrogens is 2. The van der Waals surface area contributed by atoms with Crippen LogP contribution in [0.4, 0.5) is 10.1 Å². The van der Waals surface area contributed by atoms with Gasteiger partial charge in [0.15, 0.2) is 0 Å². The summed E-state index contributed by atoms with van der Waals surface area (Å²) in [6.45, 7) is -0.269. The number of anilines is 1. The molecule has 2 aromatic heterocycles. The summed E-state index contributed by atoms with van der Waals surface area (Å²) in [6.07, 6.45) is 1.33. The van der Waals surface area contributed by atoms with Gasteiger partial charge in [-0.2, -0.15) is 0 Å². The molecule has 2 heterocycles. The van der Waals surface area contributed by atoms with E-state index in [1.54, 1.807) is 17.5 Å². The molecule has 7 nitrogen and oxygen atoms in total. The molecule has 1 amide bonds. The molecule has 0 unspecified atom stereocenters. The van der Waals surface area contributed by atoms with Crippen LogP contribution in [0.2, 0.25) is 5.02 Å². The maximum absolute atomic E-state index is 13.3. The zero-order valence-electron chi connectivity index (χ0n) is 17.0. The number of nitrogens with zero attached hydrogens (tertiary/aromatic N) is 2. The van der Waals surface area contributed by atoms with Crippen molar-refractivity contribution in [1.29, 1.82) is 0 Å². The van der Waals surface area contributed by atoms with Gasteiger partial charge in [-0.25, -0.2) is 9.37 Å². The van der Waals surface area contributed by atoms with Crippen molar-refractivity contribution in [3.8, 4) is 22.6 Å². The average Bonchev–Trinajstić information content (AvgIpc) is 3.22. The van der Waals surface area contributed by atoms with Gasteiger partial charge in [0.05, 0.1) is 36.6 Å². The molecule has 32 heavy (non-hydrogen) atoms. The summed E-state index contributed by atoms with van der Waals surface area (Å²) in [7, 11) is 2.91. The number of rotatable bonds is 6. The number of carbonyl (C=O) groups is 1. The van der Waals surface area contributed by atoms with E-state index in [4.69, 9.17) is 21.1 Å². The molecule has 4 rings (SSSR count). The Hall–Kier alpha value is -3.43. The highest BCUT2D eigenvalue weighted by molar-refractivity contribution is 7.17. The Kier molecular flexibility index (Phi) is 6.11. The number of methoxy groups -OCH3 is 2. The fourth-order valence-corrected chi connectivity index (χ4v) is 4.36. The van der Waals surface area contributed by atoms with E-state index in [9.17, 15) is 14.0 Å². The molecule has 1 N–H and O–H groups in total. The van der Waals surface area contributed by atoms with Crippen molar-refractivity contribution < 1.29 is 18.7 Å². The molecule has 10 heteroatoms. The van der Waals surface area contributed by atoms with Gasteiger partial charge in [0.1, 0.15) is 28.7 Å². The summed E-state index contributed by atoms with van der Waals surface area (Å²) >= 11 is 7.40. The first-order valence-electron chi connectivity index (χ1n) is 9.35. The van der Waals surface area contributed by atoms with Crippen LogP contribution in [0.5, 0.6) is 11.5 Å². The van der Waals surface area contributed by atoms with Gasteiger partial charge in [0.25, 0.3) is 5.56 Å². The van der Waals surface area contributed by atoms with E-state index in [-0.39, 0.29) is 17.9 Å². The van der Waals surface area contributed by atoms with Crippen LogP contribution in [-0.4, -0.2) is 29.7 Å². The standard InChI is InChI=1S/C22H17ClFN3O4S/c1-30-17-8-16(18(31-2)7-15(17)23)26-19(28)9-27-11-25-21-20(22(27)29)14(10-32-21)12-3-5-13(24)6-4-12/h3-8,10-11H,9H2,1-2H3,(H,26,28). The quantitative estimate of drug-likeness (QED) is 0.443. The minimum absolute atomic E-state index is 0.269. The van der Waals surface area contributed by atoms with E-state index in [2.05, 4.69) is 10.3 Å². The summed E-state index contributed by atoms with van der Waals surface area (Å²) in [5.74, 6) is -0.115. The average molecular weight is 474 g/mol. The number of ether oxygens (including phenoxy) is 2. The zero-order valence-corrected chi connectivity index (χ0v) is 18.6. The second-order valence-corrected chi connectivity index (χ2v) is 8.01. The Balaban J connectivity index is 1.64. The van der Waals surface area contributed by atoms with E-state index >= 15 is 0 Å². The van der Waals surface area contributed by atoms with Crippen LogP contribution in [-0.2, 0) is 11.3 Å². The molecule has 4 aromatic rings. The molecule has 2 aromatic carbocycles. The molecule has 0 aliphatic carbocycles. The molecule has 0 saturated carbocycles. The summed E-state index contributed by atoms with van der Waals surface area (Å²) in [4.78, 5) is 30.6. The van der Waals surface area contributed by atoms with E-state index in [1.165, 1.54) is 60.7 Å². The van der Waals surface area contributed by atoms with E-state index in [0.29, 0.717) is 43.6 Å². The first-order chi connectivity index (χ1) is 15.4. The molecule has 0 saturated heterocycles. The van der Waals surface area contributed by atoms with Crippen molar-refractivity contribution in [2.24, 2.45) is 0 Å². The minimum atomic E-state index is -0.463. The third-order valence-corrected chi connectivity index (χ3v) is 5.96. The Morgan fingerprint density at radius 1 is 1.19 bits per heavy atom. The Morgan fingerprint density at radius 3 is 2.59 bits per heavy atom. The fourth-order valence-electron chi connectivity index (χ4n) is 3.22. The van der Waals surface area contributed by atoms with Crippen molar-refractivity contribution in [2.45, 2.75) is 6.54 Å². The molecule has 0 aliphatic heterocycles. The molecule has 0 fully saturated rings. The molecule has 0 atom stereocenters. The number of nitrogens with one attached hydrogen (secondary N) is 1. The number of halogens is 2. The molecular formula is C22H17ClFN3O4S. The van der Waals surface area contributed by atoms with Gasteiger partial charge in [0, 0.05) is 23.1 Å². The summed E-state index contributed by atoms with van der Waals surface area (Å²) in [6, 6.07) is 8.91. The first-order valence-corrected chi connectivity index (χ1v) is 10.6. The first kappa shape index (κ1) is 21.8. The SMILES string of the molecule is COc1cc(NC(=O)Cn2cnc3scc(-c4ccc(F)cc4)c3c2=O)c(OC)cc1Cl. The van der Waals surface area contributed by atoms with E-state index < -0.39 is 5.91 Å². The molecule has 0 bridgehead atoms. The molecule has 0 radical (unpaired) electrons. The summed E-state index contributed by atoms with van der Waals surface area (Å²) in [5.41, 5.74) is 1.31. The maximum atomic E-state index is 13.3. The van der Waals surface area contributed by atoms with Crippen LogP contribution in [0.15, 0.2) is 52.9 Å². The maximum Gasteiger partial charge on any atom is 0.263 e. The zero-order chi connectivity index (χ0) is 22.8. The lowest BCUT2D eigenvalue weighted by molar-refractivity contribution is -0.116. The van der Waals surface area contributed by atoms with Gasteiger partial charge in [-0.05, 0) is 17.7 Å². The summed E-state index contributed by atoms with van der Waals surface area (Å²) < 4.78 is 24.9. The predicted octanol–water partition coefficient (Wildman–Crippen LogP) is 4.57. The Labute approximate surface area is 191 Å². The lowest BCUT2D eigenvalue weighted by atomic mass is 10.1. The second kappa shape index (κ2) is 8.97. The number of hydrogen-bond donors (Lipinski definition) is 1. The predicted molar refractivity (Wildman–Crippen MR) is 122 cm³/mol. The van der Waals surface area contributed by atoms with Crippen molar-refractivity contribution in [3.05, 3.63) is 69.3 Å². The van der Waals surface area contributed by atoms with Gasteiger partial charge in [-0.15, -0.1) is 11.3 Å². The number of carbonyl (C=O) groups excluding carboxylic acids is 1. The number of fused-ring (bicyclic) bond motifs is 1. The summed E-state index contributed by atoms with van der Waals surface area (Å²) in [5, 5.41) is 5.21. The van der Waals surface area contributed by atoms with Crippen LogP contribution in [0.3, 0.4) is 0 Å². The molecule has 0 aliphatic rings. The molecular weight excluding hydrogens is 457 g/mol. The highest BCUT2D eigenvalue weighted by Crippen LogP contribution is 2.36. The van der Waals surface area contributed by atoms with Gasteiger partial charge < -0.3 is 14.8 Å². The van der Waals surface area contributed by atoms with Crippen LogP contribution < -0.4 is 20.3 Å². The van der Waals surface area contributed by atoms with E-state index in [1.807, 2.05) is 0 Å². The van der Waals surface area contributed by atoms with Gasteiger partial charge in [-0.3, -0.25) is 14.2 Å². The lowest BCUT2D eigenvalue weighted by Crippen LogP contribution is -2.28. The third-order valence-electron chi connectivity index (χ3n) is 4.78. The smallest absolute Gasteiger partial charge is 0.263 e. The van der Waals surface area contributed by atoms with Gasteiger partial charge in [0.2, 0.25) is 5.91 Å². The number of benzene rings is 2. The topological polar surface area (TPSA) is 82.5 Å². The van der Waals surface area contributed by atoms with Crippen molar-refractivity contribution in [3.63, 3.8) is 0 Å². The number of amides is 1. The monoisotopic (exact) mass is 473 g/mol. The van der Waals surface area contributed by atoms with E-state index in [0.717, 1.165) is 0 Å². The van der Waals surface area contributed by atoms with Crippen LogP contribution in [0.25, 0.3) is 21.3 Å². The number of hydrogen-bond acceptors (Lipinski definition) is 6. The van der Waals surface area contributed by atoms with Crippen LogP contribution in [0, 0.1) is 5.82 Å². The van der Waals surface area contributed by atoms with Crippen molar-refractivity contribution in [2.75, 3.05) is 19.5 Å². The molecule has 164 valence electrons. The normalized spacial score (nSPS) is 10.9. The second-order valence-electron chi connectivity index (χ2n) is 6.75. The van der Waals surface area contributed by atoms with Crippen molar-refractivity contribution in [1.82, 2.24) is 9.55 Å². The lowest BCUT2D eigenvalue weighted by Gasteiger charge is -2.13. The van der Waals surface area contributed by atoms with Gasteiger partial charge >= 0.3 is 0 Å². The largest absolute Gasteiger partial charge is 0.495 e. The Bertz CT molecular complexity index is 1370. The van der Waals surface area contributed by atoms with Crippen LogP contribution in [0.1, 0.15) is 0 Å². The Morgan fingerprint density at radius 2 is 1.91 bits per heavy atom. The molecule has 0 spiro atoms. The highest BCUT2D eigenvalue weighted by atomic mass is 35.5. The highest BCUT2D eigenvalue weighted by Gasteiger charge is 2.17. The minimum Gasteiger partial charge on any atom is -0.495 e. The number of thiophene rings is 1. The fraction of sp³-hybridized carbons (Fsp3) is 0.136. The van der Waals surface area contributed by atoms with Crippen LogP contribution >= 0.6 is 22.9 Å². The van der Waals surface area contributed by atoms with Crippen molar-refractivity contribution >= 4 is 44.7 Å².